The Morgan fingerprint density at radius 2 is 2.15 bits per heavy atom. The predicted molar refractivity (Wildman–Crippen MR) is 82.6 cm³/mol. The molecule has 0 saturated carbocycles. The van der Waals surface area contributed by atoms with E-state index in [4.69, 9.17) is 5.73 Å². The van der Waals surface area contributed by atoms with Crippen molar-refractivity contribution in [1.82, 2.24) is 10.2 Å². The van der Waals surface area contributed by atoms with Crippen LogP contribution >= 0.6 is 11.8 Å². The summed E-state index contributed by atoms with van der Waals surface area (Å²) in [6, 6.07) is 10.4. The zero-order chi connectivity index (χ0) is 13.9. The Kier molecular flexibility index (Phi) is 4.29. The minimum atomic E-state index is -0.00653. The molecule has 20 heavy (non-hydrogen) atoms. The molecule has 3 rings (SSSR count). The van der Waals surface area contributed by atoms with Crippen LogP contribution < -0.4 is 11.1 Å². The first-order chi connectivity index (χ1) is 9.79. The van der Waals surface area contributed by atoms with Gasteiger partial charge in [0.1, 0.15) is 0 Å². The molecule has 2 aliphatic rings. The number of amides is 1. The number of rotatable bonds is 3. The SMILES string of the molecule is NC[C@@H]1CN(C(=O)[C@H]2CSCN2)C[C@H]1c1ccccc1. The highest BCUT2D eigenvalue weighted by molar-refractivity contribution is 7.99. The molecule has 0 aliphatic carbocycles. The highest BCUT2D eigenvalue weighted by Gasteiger charge is 2.38. The molecule has 5 heteroatoms. The van der Waals surface area contributed by atoms with Crippen molar-refractivity contribution in [3.05, 3.63) is 35.9 Å². The summed E-state index contributed by atoms with van der Waals surface area (Å²) in [6.45, 7) is 2.22. The van der Waals surface area contributed by atoms with Crippen LogP contribution in [0.5, 0.6) is 0 Å². The fourth-order valence-electron chi connectivity index (χ4n) is 3.14. The van der Waals surface area contributed by atoms with E-state index in [9.17, 15) is 4.79 Å². The molecule has 0 aromatic heterocycles. The lowest BCUT2D eigenvalue weighted by Crippen LogP contribution is -2.44. The summed E-state index contributed by atoms with van der Waals surface area (Å²) in [7, 11) is 0. The molecule has 2 aliphatic heterocycles. The third-order valence-corrected chi connectivity index (χ3v) is 5.24. The van der Waals surface area contributed by atoms with Gasteiger partial charge in [-0.25, -0.2) is 0 Å². The molecule has 2 heterocycles. The molecule has 108 valence electrons. The molecule has 1 aromatic carbocycles. The average molecular weight is 291 g/mol. The van der Waals surface area contributed by atoms with E-state index in [2.05, 4.69) is 29.6 Å². The Labute approximate surface area is 124 Å². The molecule has 2 saturated heterocycles. The van der Waals surface area contributed by atoms with Crippen LogP contribution in [0.2, 0.25) is 0 Å². The quantitative estimate of drug-likeness (QED) is 0.867. The number of carbonyl (C=O) groups excluding carboxylic acids is 1. The van der Waals surface area contributed by atoms with Crippen molar-refractivity contribution in [2.45, 2.75) is 12.0 Å². The lowest BCUT2D eigenvalue weighted by atomic mass is 9.89. The van der Waals surface area contributed by atoms with Crippen molar-refractivity contribution in [3.63, 3.8) is 0 Å². The van der Waals surface area contributed by atoms with Gasteiger partial charge in [0, 0.05) is 30.6 Å². The first-order valence-electron chi connectivity index (χ1n) is 7.14. The summed E-state index contributed by atoms with van der Waals surface area (Å²) in [5.74, 6) is 2.76. The maximum Gasteiger partial charge on any atom is 0.240 e. The van der Waals surface area contributed by atoms with Crippen LogP contribution in [-0.2, 0) is 4.79 Å². The van der Waals surface area contributed by atoms with Crippen molar-refractivity contribution < 1.29 is 4.79 Å². The predicted octanol–water partition coefficient (Wildman–Crippen LogP) is 0.850. The Morgan fingerprint density at radius 1 is 1.35 bits per heavy atom. The Hall–Kier alpha value is -1.04. The van der Waals surface area contributed by atoms with E-state index in [0.717, 1.165) is 24.7 Å². The van der Waals surface area contributed by atoms with Crippen molar-refractivity contribution in [1.29, 1.82) is 0 Å². The van der Waals surface area contributed by atoms with Crippen LogP contribution in [0.1, 0.15) is 11.5 Å². The zero-order valence-electron chi connectivity index (χ0n) is 11.5. The number of nitrogens with one attached hydrogen (secondary N) is 1. The van der Waals surface area contributed by atoms with E-state index in [0.29, 0.717) is 18.4 Å². The van der Waals surface area contributed by atoms with Gasteiger partial charge in [-0.3, -0.25) is 10.1 Å². The molecule has 3 N–H and O–H groups in total. The number of benzene rings is 1. The average Bonchev–Trinajstić information content (AvgIpc) is 3.17. The minimum Gasteiger partial charge on any atom is -0.340 e. The molecule has 3 atom stereocenters. The number of hydrogen-bond acceptors (Lipinski definition) is 4. The van der Waals surface area contributed by atoms with Crippen LogP contribution in [0.3, 0.4) is 0 Å². The number of nitrogens with two attached hydrogens (primary N) is 1. The maximum atomic E-state index is 12.5. The molecule has 0 bridgehead atoms. The Morgan fingerprint density at radius 3 is 2.80 bits per heavy atom. The highest BCUT2D eigenvalue weighted by Crippen LogP contribution is 2.32. The van der Waals surface area contributed by atoms with Gasteiger partial charge in [-0.05, 0) is 18.0 Å². The van der Waals surface area contributed by atoms with Gasteiger partial charge in [-0.1, -0.05) is 30.3 Å². The van der Waals surface area contributed by atoms with Crippen molar-refractivity contribution in [2.75, 3.05) is 31.3 Å². The van der Waals surface area contributed by atoms with Gasteiger partial charge >= 0.3 is 0 Å². The third-order valence-electron chi connectivity index (χ3n) is 4.30. The van der Waals surface area contributed by atoms with E-state index in [1.54, 1.807) is 11.8 Å². The summed E-state index contributed by atoms with van der Waals surface area (Å²) in [5.41, 5.74) is 7.22. The number of carbonyl (C=O) groups is 1. The van der Waals surface area contributed by atoms with Crippen molar-refractivity contribution in [3.8, 4) is 0 Å². The van der Waals surface area contributed by atoms with Crippen LogP contribution in [-0.4, -0.2) is 48.1 Å². The molecule has 0 unspecified atom stereocenters. The van der Waals surface area contributed by atoms with Gasteiger partial charge in [0.15, 0.2) is 0 Å². The normalized spacial score (nSPS) is 29.9. The number of hydrogen-bond donors (Lipinski definition) is 2. The lowest BCUT2D eigenvalue weighted by Gasteiger charge is -2.20. The second kappa shape index (κ2) is 6.16. The molecular formula is C15H21N3OS. The topological polar surface area (TPSA) is 58.4 Å². The Bertz CT molecular complexity index is 461. The maximum absolute atomic E-state index is 12.5. The molecule has 1 aromatic rings. The molecule has 4 nitrogen and oxygen atoms in total. The Balaban J connectivity index is 1.72. The smallest absolute Gasteiger partial charge is 0.240 e. The number of likely N-dealkylation sites (tertiary alicyclic amines) is 1. The van der Waals surface area contributed by atoms with Crippen LogP contribution in [0, 0.1) is 5.92 Å². The van der Waals surface area contributed by atoms with Gasteiger partial charge in [0.25, 0.3) is 0 Å². The van der Waals surface area contributed by atoms with E-state index in [1.165, 1.54) is 5.56 Å². The monoisotopic (exact) mass is 291 g/mol. The van der Waals surface area contributed by atoms with Gasteiger partial charge in [-0.2, -0.15) is 0 Å². The summed E-state index contributed by atoms with van der Waals surface area (Å²) >= 11 is 1.79. The molecular weight excluding hydrogens is 270 g/mol. The fraction of sp³-hybridized carbons (Fsp3) is 0.533. The first kappa shape index (κ1) is 13.9. The van der Waals surface area contributed by atoms with Gasteiger partial charge in [0.05, 0.1) is 6.04 Å². The van der Waals surface area contributed by atoms with Crippen molar-refractivity contribution in [2.24, 2.45) is 11.7 Å². The third kappa shape index (κ3) is 2.71. The molecule has 2 fully saturated rings. The minimum absolute atomic E-state index is 0.00653. The number of thioether (sulfide) groups is 1. The van der Waals surface area contributed by atoms with Crippen LogP contribution in [0.4, 0.5) is 0 Å². The second-order valence-corrected chi connectivity index (χ2v) is 6.56. The van der Waals surface area contributed by atoms with Gasteiger partial charge < -0.3 is 10.6 Å². The molecule has 0 radical (unpaired) electrons. The van der Waals surface area contributed by atoms with Crippen molar-refractivity contribution >= 4 is 17.7 Å². The lowest BCUT2D eigenvalue weighted by molar-refractivity contribution is -0.131. The second-order valence-electron chi connectivity index (χ2n) is 5.53. The van der Waals surface area contributed by atoms with Crippen LogP contribution in [0.25, 0.3) is 0 Å². The largest absolute Gasteiger partial charge is 0.340 e. The zero-order valence-corrected chi connectivity index (χ0v) is 12.3. The summed E-state index contributed by atoms with van der Waals surface area (Å²) in [4.78, 5) is 14.5. The molecule has 0 spiro atoms. The van der Waals surface area contributed by atoms with Gasteiger partial charge in [-0.15, -0.1) is 11.8 Å². The standard InChI is InChI=1S/C15H21N3OS/c16-6-12-7-18(15(19)14-9-20-10-17-14)8-13(12)11-4-2-1-3-5-11/h1-5,12-14,17H,6-10,16H2/t12-,13+,14-/m1/s1. The summed E-state index contributed by atoms with van der Waals surface area (Å²) in [5, 5.41) is 3.26. The summed E-state index contributed by atoms with van der Waals surface area (Å²) in [6.07, 6.45) is 0. The van der Waals surface area contributed by atoms with E-state index in [-0.39, 0.29) is 11.9 Å². The highest BCUT2D eigenvalue weighted by atomic mass is 32.2. The van der Waals surface area contributed by atoms with Gasteiger partial charge in [0.2, 0.25) is 5.91 Å². The first-order valence-corrected chi connectivity index (χ1v) is 8.30. The summed E-state index contributed by atoms with van der Waals surface area (Å²) < 4.78 is 0. The number of nitrogens with zero attached hydrogens (tertiary/aromatic N) is 1. The van der Waals surface area contributed by atoms with E-state index >= 15 is 0 Å². The molecule has 1 amide bonds. The van der Waals surface area contributed by atoms with Crippen LogP contribution in [0.15, 0.2) is 30.3 Å². The van der Waals surface area contributed by atoms with E-state index in [1.807, 2.05) is 11.0 Å². The fourth-order valence-corrected chi connectivity index (χ4v) is 4.08. The van der Waals surface area contributed by atoms with E-state index < -0.39 is 0 Å².